The smallest absolute Gasteiger partial charge is 0.328 e. The van der Waals surface area contributed by atoms with E-state index in [0.717, 1.165) is 6.08 Å². The topological polar surface area (TPSA) is 63.3 Å². The lowest BCUT2D eigenvalue weighted by molar-refractivity contribution is -0.131. The van der Waals surface area contributed by atoms with E-state index in [1.807, 2.05) is 0 Å². The Bertz CT molecular complexity index is 701. The van der Waals surface area contributed by atoms with Gasteiger partial charge in [-0.25, -0.2) is 4.79 Å². The summed E-state index contributed by atoms with van der Waals surface area (Å²) in [5.41, 5.74) is 7.65. The number of nitrogen functional groups attached to an aromatic ring is 1. The molecule has 0 aromatic heterocycles. The molecule has 3 nitrogen and oxygen atoms in total. The van der Waals surface area contributed by atoms with Crippen LogP contribution in [0.25, 0.3) is 5.57 Å². The van der Waals surface area contributed by atoms with E-state index in [4.69, 9.17) is 45.6 Å². The molecule has 0 amide bonds. The molecule has 0 saturated carbocycles. The van der Waals surface area contributed by atoms with Gasteiger partial charge in [-0.1, -0.05) is 46.9 Å². The second-order valence-corrected chi connectivity index (χ2v) is 5.51. The zero-order valence-corrected chi connectivity index (χ0v) is 12.9. The van der Waals surface area contributed by atoms with Crippen molar-refractivity contribution >= 4 is 52.0 Å². The molecule has 0 atom stereocenters. The summed E-state index contributed by atoms with van der Waals surface area (Å²) in [6.45, 7) is 0. The van der Waals surface area contributed by atoms with Crippen LogP contribution in [0.3, 0.4) is 0 Å². The van der Waals surface area contributed by atoms with Gasteiger partial charge in [-0.3, -0.25) is 0 Å². The molecule has 0 aliphatic heterocycles. The maximum atomic E-state index is 11.1. The Balaban J connectivity index is 2.62. The van der Waals surface area contributed by atoms with E-state index in [9.17, 15) is 4.79 Å². The molecule has 0 aliphatic carbocycles. The summed E-state index contributed by atoms with van der Waals surface area (Å²) in [6, 6.07) is 9.93. The first-order chi connectivity index (χ1) is 9.88. The number of halogens is 3. The average molecular weight is 343 g/mol. The Morgan fingerprint density at radius 1 is 1.00 bits per heavy atom. The highest BCUT2D eigenvalue weighted by Crippen LogP contribution is 2.34. The van der Waals surface area contributed by atoms with E-state index in [-0.39, 0.29) is 15.7 Å². The van der Waals surface area contributed by atoms with E-state index in [2.05, 4.69) is 0 Å². The van der Waals surface area contributed by atoms with Crippen LogP contribution in [0, 0.1) is 0 Å². The molecule has 6 heteroatoms. The van der Waals surface area contributed by atoms with Crippen LogP contribution in [0.5, 0.6) is 0 Å². The highest BCUT2D eigenvalue weighted by molar-refractivity contribution is 6.39. The van der Waals surface area contributed by atoms with Crippen LogP contribution in [0.4, 0.5) is 5.69 Å². The molecule has 0 aliphatic rings. The molecule has 2 aromatic carbocycles. The molecular formula is C15H10Cl3NO2. The molecule has 0 unspecified atom stereocenters. The van der Waals surface area contributed by atoms with E-state index in [1.165, 1.54) is 0 Å². The zero-order chi connectivity index (χ0) is 15.6. The van der Waals surface area contributed by atoms with Gasteiger partial charge in [0, 0.05) is 11.1 Å². The number of benzene rings is 2. The van der Waals surface area contributed by atoms with E-state index < -0.39 is 5.97 Å². The van der Waals surface area contributed by atoms with Crippen LogP contribution in [-0.4, -0.2) is 11.1 Å². The number of hydrogen-bond donors (Lipinski definition) is 2. The first-order valence-corrected chi connectivity index (χ1v) is 6.97. The molecule has 2 rings (SSSR count). The maximum absolute atomic E-state index is 11.1. The van der Waals surface area contributed by atoms with Crippen molar-refractivity contribution in [2.75, 3.05) is 5.73 Å². The summed E-state index contributed by atoms with van der Waals surface area (Å²) in [6.07, 6.45) is 1.08. The second kappa shape index (κ2) is 6.39. The number of carbonyl (C=O) groups is 1. The summed E-state index contributed by atoms with van der Waals surface area (Å²) < 4.78 is 0. The lowest BCUT2D eigenvalue weighted by Gasteiger charge is -2.11. The van der Waals surface area contributed by atoms with E-state index >= 15 is 0 Å². The number of rotatable bonds is 3. The first-order valence-electron chi connectivity index (χ1n) is 5.84. The van der Waals surface area contributed by atoms with Crippen LogP contribution in [0.15, 0.2) is 42.5 Å². The predicted molar refractivity (Wildman–Crippen MR) is 87.0 cm³/mol. The van der Waals surface area contributed by atoms with Gasteiger partial charge < -0.3 is 10.8 Å². The fourth-order valence-corrected chi connectivity index (χ4v) is 2.44. The molecule has 0 bridgehead atoms. The average Bonchev–Trinajstić information content (AvgIpc) is 2.42. The van der Waals surface area contributed by atoms with Crippen LogP contribution >= 0.6 is 34.8 Å². The zero-order valence-electron chi connectivity index (χ0n) is 10.6. The number of carboxylic acid groups (broad SMARTS) is 1. The molecule has 2 aromatic rings. The molecule has 0 fully saturated rings. The monoisotopic (exact) mass is 341 g/mol. The van der Waals surface area contributed by atoms with Gasteiger partial charge in [-0.05, 0) is 41.0 Å². The van der Waals surface area contributed by atoms with Crippen molar-refractivity contribution in [2.45, 2.75) is 0 Å². The van der Waals surface area contributed by atoms with Gasteiger partial charge in [-0.15, -0.1) is 0 Å². The SMILES string of the molecule is Nc1c(Cl)cc(/C(=C/C(=O)O)c2ccc(Cl)cc2)cc1Cl. The summed E-state index contributed by atoms with van der Waals surface area (Å²) in [5.74, 6) is -1.08. The van der Waals surface area contributed by atoms with Gasteiger partial charge in [-0.2, -0.15) is 0 Å². The third kappa shape index (κ3) is 3.70. The Morgan fingerprint density at radius 2 is 1.52 bits per heavy atom. The van der Waals surface area contributed by atoms with Crippen LogP contribution in [0.1, 0.15) is 11.1 Å². The van der Waals surface area contributed by atoms with E-state index in [1.54, 1.807) is 36.4 Å². The first kappa shape index (κ1) is 15.7. The van der Waals surface area contributed by atoms with Crippen molar-refractivity contribution in [1.82, 2.24) is 0 Å². The van der Waals surface area contributed by atoms with Crippen LogP contribution in [0.2, 0.25) is 15.1 Å². The van der Waals surface area contributed by atoms with Gasteiger partial charge in [0.05, 0.1) is 15.7 Å². The van der Waals surface area contributed by atoms with Gasteiger partial charge in [0.1, 0.15) is 0 Å². The van der Waals surface area contributed by atoms with Crippen LogP contribution < -0.4 is 5.73 Å². The Hall–Kier alpha value is -1.68. The molecule has 0 radical (unpaired) electrons. The highest BCUT2D eigenvalue weighted by atomic mass is 35.5. The van der Waals surface area contributed by atoms with Gasteiger partial charge in [0.15, 0.2) is 0 Å². The van der Waals surface area contributed by atoms with Crippen molar-refractivity contribution in [3.8, 4) is 0 Å². The van der Waals surface area contributed by atoms with Crippen molar-refractivity contribution < 1.29 is 9.90 Å². The number of aliphatic carboxylic acids is 1. The van der Waals surface area contributed by atoms with Crippen molar-refractivity contribution in [3.05, 3.63) is 68.7 Å². The summed E-state index contributed by atoms with van der Waals surface area (Å²) in [5, 5.41) is 10.2. The third-order valence-corrected chi connectivity index (χ3v) is 3.69. The molecule has 0 spiro atoms. The second-order valence-electron chi connectivity index (χ2n) is 4.26. The number of anilines is 1. The van der Waals surface area contributed by atoms with Crippen molar-refractivity contribution in [1.29, 1.82) is 0 Å². The minimum Gasteiger partial charge on any atom is -0.478 e. The van der Waals surface area contributed by atoms with Crippen molar-refractivity contribution in [3.63, 3.8) is 0 Å². The minimum absolute atomic E-state index is 0.257. The molecule has 3 N–H and O–H groups in total. The van der Waals surface area contributed by atoms with Crippen LogP contribution in [-0.2, 0) is 4.79 Å². The normalized spacial score (nSPS) is 11.5. The Labute approximate surface area is 136 Å². The quantitative estimate of drug-likeness (QED) is 0.625. The molecule has 0 heterocycles. The summed E-state index contributed by atoms with van der Waals surface area (Å²) in [4.78, 5) is 11.1. The fourth-order valence-electron chi connectivity index (χ4n) is 1.83. The minimum atomic E-state index is -1.08. The van der Waals surface area contributed by atoms with Crippen molar-refractivity contribution in [2.24, 2.45) is 0 Å². The molecular weight excluding hydrogens is 333 g/mol. The Morgan fingerprint density at radius 3 is 2.00 bits per heavy atom. The highest BCUT2D eigenvalue weighted by Gasteiger charge is 2.12. The summed E-state index contributed by atoms with van der Waals surface area (Å²) >= 11 is 17.9. The number of nitrogens with two attached hydrogens (primary N) is 1. The Kier molecular flexibility index (Phi) is 4.78. The van der Waals surface area contributed by atoms with Gasteiger partial charge in [0.25, 0.3) is 0 Å². The lowest BCUT2D eigenvalue weighted by Crippen LogP contribution is -1.97. The predicted octanol–water partition coefficient (Wildman–Crippen LogP) is 4.75. The molecule has 21 heavy (non-hydrogen) atoms. The molecule has 108 valence electrons. The third-order valence-electron chi connectivity index (χ3n) is 2.81. The van der Waals surface area contributed by atoms with E-state index in [0.29, 0.717) is 21.7 Å². The fraction of sp³-hybridized carbons (Fsp3) is 0. The number of carboxylic acids is 1. The standard InChI is InChI=1S/C15H10Cl3NO2/c16-10-3-1-8(2-4-10)11(7-14(20)21)9-5-12(17)15(19)13(18)6-9/h1-7H,19H2,(H,20,21)/b11-7+. The van der Waals surface area contributed by atoms with Gasteiger partial charge in [0.2, 0.25) is 0 Å². The largest absolute Gasteiger partial charge is 0.478 e. The maximum Gasteiger partial charge on any atom is 0.328 e. The summed E-state index contributed by atoms with van der Waals surface area (Å²) in [7, 11) is 0. The van der Waals surface area contributed by atoms with Gasteiger partial charge >= 0.3 is 5.97 Å². The molecule has 0 saturated heterocycles. The lowest BCUT2D eigenvalue weighted by atomic mass is 9.97. The number of hydrogen-bond acceptors (Lipinski definition) is 2.